The normalized spacial score (nSPS) is 12.0. The van der Waals surface area contributed by atoms with Crippen molar-refractivity contribution in [2.75, 3.05) is 6.61 Å². The lowest BCUT2D eigenvalue weighted by Crippen LogP contribution is -2.00. The highest BCUT2D eigenvalue weighted by Crippen LogP contribution is 2.40. The molecule has 0 fully saturated rings. The number of rotatable bonds is 13. The summed E-state index contributed by atoms with van der Waals surface area (Å²) < 4.78 is 6.16. The van der Waals surface area contributed by atoms with Gasteiger partial charge < -0.3 is 4.74 Å². The Morgan fingerprint density at radius 1 is 0.667 bits per heavy atom. The van der Waals surface area contributed by atoms with Gasteiger partial charge in [-0.2, -0.15) is 0 Å². The quantitative estimate of drug-likeness (QED) is 0.280. The van der Waals surface area contributed by atoms with Gasteiger partial charge in [0.2, 0.25) is 0 Å². The highest BCUT2D eigenvalue weighted by Gasteiger charge is 2.20. The molecule has 1 aliphatic carbocycles. The van der Waals surface area contributed by atoms with Crippen LogP contribution in [0.25, 0.3) is 11.1 Å². The lowest BCUT2D eigenvalue weighted by atomic mass is 10.1. The maximum Gasteiger partial charge on any atom is 0.123 e. The molecule has 3 rings (SSSR count). The summed E-state index contributed by atoms with van der Waals surface area (Å²) in [6, 6.07) is 15.2. The molecule has 1 heteroatoms. The molecule has 2 aromatic rings. The SMILES string of the molecule is CCCCCCCCCCCCCOc1cccc2c1Cc1ccccc1-2. The van der Waals surface area contributed by atoms with Crippen LogP contribution in [0.15, 0.2) is 42.5 Å². The second kappa shape index (κ2) is 11.2. The predicted molar refractivity (Wildman–Crippen MR) is 117 cm³/mol. The average molecular weight is 365 g/mol. The predicted octanol–water partition coefficient (Wildman–Crippen LogP) is 7.95. The zero-order valence-electron chi connectivity index (χ0n) is 17.1. The first-order valence-electron chi connectivity index (χ1n) is 11.2. The van der Waals surface area contributed by atoms with Crippen LogP contribution in [-0.2, 0) is 6.42 Å². The van der Waals surface area contributed by atoms with E-state index in [0.29, 0.717) is 0 Å². The summed E-state index contributed by atoms with van der Waals surface area (Å²) in [7, 11) is 0. The molecule has 0 aromatic heterocycles. The van der Waals surface area contributed by atoms with Crippen molar-refractivity contribution in [3.05, 3.63) is 53.6 Å². The number of benzene rings is 2. The lowest BCUT2D eigenvalue weighted by Gasteiger charge is -2.11. The monoisotopic (exact) mass is 364 g/mol. The lowest BCUT2D eigenvalue weighted by molar-refractivity contribution is 0.302. The number of hydrogen-bond acceptors (Lipinski definition) is 1. The molecule has 0 spiro atoms. The molecule has 0 saturated heterocycles. The van der Waals surface area contributed by atoms with E-state index in [1.165, 1.54) is 92.9 Å². The van der Waals surface area contributed by atoms with Crippen LogP contribution in [0.2, 0.25) is 0 Å². The van der Waals surface area contributed by atoms with Crippen LogP contribution < -0.4 is 4.74 Å². The second-order valence-electron chi connectivity index (χ2n) is 8.00. The third kappa shape index (κ3) is 5.86. The Kier molecular flexibility index (Phi) is 8.27. The number of ether oxygens (including phenoxy) is 1. The van der Waals surface area contributed by atoms with Crippen molar-refractivity contribution in [1.29, 1.82) is 0 Å². The summed E-state index contributed by atoms with van der Waals surface area (Å²) >= 11 is 0. The maximum absolute atomic E-state index is 6.16. The topological polar surface area (TPSA) is 9.23 Å². The Bertz CT molecular complexity index is 688. The van der Waals surface area contributed by atoms with Crippen molar-refractivity contribution in [3.8, 4) is 16.9 Å². The van der Waals surface area contributed by atoms with E-state index in [-0.39, 0.29) is 0 Å². The minimum Gasteiger partial charge on any atom is -0.493 e. The summed E-state index contributed by atoms with van der Waals surface area (Å²) in [6.07, 6.45) is 16.1. The molecule has 1 nitrogen and oxygen atoms in total. The molecule has 27 heavy (non-hydrogen) atoms. The maximum atomic E-state index is 6.16. The third-order valence-electron chi connectivity index (χ3n) is 5.81. The molecule has 0 saturated carbocycles. The van der Waals surface area contributed by atoms with Gasteiger partial charge in [-0.1, -0.05) is 108 Å². The smallest absolute Gasteiger partial charge is 0.123 e. The fourth-order valence-corrected chi connectivity index (χ4v) is 4.21. The largest absolute Gasteiger partial charge is 0.493 e. The van der Waals surface area contributed by atoms with Crippen molar-refractivity contribution in [1.82, 2.24) is 0 Å². The van der Waals surface area contributed by atoms with Crippen molar-refractivity contribution in [2.45, 2.75) is 84.0 Å². The van der Waals surface area contributed by atoms with Crippen LogP contribution in [0.5, 0.6) is 5.75 Å². The van der Waals surface area contributed by atoms with Crippen molar-refractivity contribution >= 4 is 0 Å². The van der Waals surface area contributed by atoms with E-state index in [0.717, 1.165) is 18.8 Å². The number of hydrogen-bond donors (Lipinski definition) is 0. The zero-order valence-corrected chi connectivity index (χ0v) is 17.1. The van der Waals surface area contributed by atoms with E-state index in [9.17, 15) is 0 Å². The van der Waals surface area contributed by atoms with Gasteiger partial charge in [0.25, 0.3) is 0 Å². The highest BCUT2D eigenvalue weighted by molar-refractivity contribution is 5.78. The number of unbranched alkanes of at least 4 members (excludes halogenated alkanes) is 10. The molecular weight excluding hydrogens is 328 g/mol. The highest BCUT2D eigenvalue weighted by atomic mass is 16.5. The van der Waals surface area contributed by atoms with Crippen LogP contribution in [0.4, 0.5) is 0 Å². The van der Waals surface area contributed by atoms with E-state index < -0.39 is 0 Å². The van der Waals surface area contributed by atoms with Gasteiger partial charge in [0.15, 0.2) is 0 Å². The molecule has 0 amide bonds. The third-order valence-corrected chi connectivity index (χ3v) is 5.81. The van der Waals surface area contributed by atoms with E-state index in [1.807, 2.05) is 0 Å². The Labute approximate surface area is 166 Å². The summed E-state index contributed by atoms with van der Waals surface area (Å²) in [5.41, 5.74) is 5.55. The minimum absolute atomic E-state index is 0.851. The molecule has 0 atom stereocenters. The van der Waals surface area contributed by atoms with E-state index in [1.54, 1.807) is 0 Å². The molecule has 2 aromatic carbocycles. The summed E-state index contributed by atoms with van der Waals surface area (Å²) in [5, 5.41) is 0. The van der Waals surface area contributed by atoms with Gasteiger partial charge in [-0.25, -0.2) is 0 Å². The molecule has 0 heterocycles. The first-order valence-corrected chi connectivity index (χ1v) is 11.2. The first-order chi connectivity index (χ1) is 13.4. The van der Waals surface area contributed by atoms with E-state index in [4.69, 9.17) is 4.74 Å². The Morgan fingerprint density at radius 3 is 2.04 bits per heavy atom. The van der Waals surface area contributed by atoms with Gasteiger partial charge in [0.1, 0.15) is 5.75 Å². The standard InChI is InChI=1S/C26H36O/c1-2-3-4-5-6-7-8-9-10-11-14-20-27-26-19-15-18-24-23-17-13-12-16-22(23)21-25(24)26/h12-13,15-19H,2-11,14,20-21H2,1H3. The summed E-state index contributed by atoms with van der Waals surface area (Å²) in [4.78, 5) is 0. The molecule has 0 unspecified atom stereocenters. The Balaban J connectivity index is 1.29. The van der Waals surface area contributed by atoms with Gasteiger partial charge in [-0.15, -0.1) is 0 Å². The minimum atomic E-state index is 0.851. The van der Waals surface area contributed by atoms with Crippen LogP contribution >= 0.6 is 0 Å². The van der Waals surface area contributed by atoms with Crippen LogP contribution in [0, 0.1) is 0 Å². The fraction of sp³-hybridized carbons (Fsp3) is 0.538. The van der Waals surface area contributed by atoms with Gasteiger partial charge in [-0.05, 0) is 29.2 Å². The molecule has 0 radical (unpaired) electrons. The van der Waals surface area contributed by atoms with Gasteiger partial charge in [0, 0.05) is 12.0 Å². The molecule has 0 aliphatic heterocycles. The van der Waals surface area contributed by atoms with E-state index in [2.05, 4.69) is 49.4 Å². The van der Waals surface area contributed by atoms with Gasteiger partial charge in [-0.3, -0.25) is 0 Å². The van der Waals surface area contributed by atoms with Crippen LogP contribution in [0.1, 0.15) is 88.7 Å². The van der Waals surface area contributed by atoms with Gasteiger partial charge in [0.05, 0.1) is 6.61 Å². The van der Waals surface area contributed by atoms with Crippen LogP contribution in [0.3, 0.4) is 0 Å². The van der Waals surface area contributed by atoms with Crippen molar-refractivity contribution in [3.63, 3.8) is 0 Å². The summed E-state index contributed by atoms with van der Waals surface area (Å²) in [6.45, 7) is 3.14. The molecular formula is C26H36O. The fourth-order valence-electron chi connectivity index (χ4n) is 4.21. The van der Waals surface area contributed by atoms with Crippen LogP contribution in [-0.4, -0.2) is 6.61 Å². The van der Waals surface area contributed by atoms with Crippen molar-refractivity contribution < 1.29 is 4.74 Å². The van der Waals surface area contributed by atoms with E-state index >= 15 is 0 Å². The second-order valence-corrected chi connectivity index (χ2v) is 8.00. The molecule has 0 bridgehead atoms. The molecule has 1 aliphatic rings. The van der Waals surface area contributed by atoms with Gasteiger partial charge >= 0.3 is 0 Å². The molecule has 146 valence electrons. The average Bonchev–Trinajstić information content (AvgIpc) is 3.08. The summed E-state index contributed by atoms with van der Waals surface area (Å²) in [5.74, 6) is 1.09. The molecule has 0 N–H and O–H groups in total. The van der Waals surface area contributed by atoms with Crippen molar-refractivity contribution in [2.24, 2.45) is 0 Å². The Hall–Kier alpha value is -1.76. The Morgan fingerprint density at radius 2 is 1.30 bits per heavy atom. The first kappa shape index (κ1) is 20.0. The number of fused-ring (bicyclic) bond motifs is 3. The zero-order chi connectivity index (χ0) is 18.7.